The third-order valence-corrected chi connectivity index (χ3v) is 17.9. The van der Waals surface area contributed by atoms with Crippen molar-refractivity contribution in [1.82, 2.24) is 0 Å². The Morgan fingerprint density at radius 2 is 0.525 bits per heavy atom. The summed E-state index contributed by atoms with van der Waals surface area (Å²) >= 11 is 0. The smallest absolute Gasteiger partial charge is 0.463 e. The van der Waals surface area contributed by atoms with Gasteiger partial charge in [-0.05, 0) is 135 Å². The molecule has 0 heterocycles. The lowest BCUT2D eigenvalue weighted by atomic mass is 10.0. The van der Waals surface area contributed by atoms with E-state index in [9.17, 15) is 43.5 Å². The summed E-state index contributed by atoms with van der Waals surface area (Å²) in [5, 5.41) is 20.6. The fourth-order valence-corrected chi connectivity index (χ4v) is 11.7. The van der Waals surface area contributed by atoms with Crippen molar-refractivity contribution in [3.05, 3.63) is 146 Å². The molecule has 16 nitrogen and oxygen atoms in total. The van der Waals surface area contributed by atoms with Gasteiger partial charge in [-0.25, -0.2) is 9.13 Å². The zero-order valence-electron chi connectivity index (χ0n) is 63.0. The van der Waals surface area contributed by atoms with Crippen LogP contribution in [0.25, 0.3) is 0 Å². The molecule has 101 heavy (non-hydrogen) atoms. The first-order valence-corrected chi connectivity index (χ1v) is 42.1. The molecule has 5 atom stereocenters. The number of carbonyl (C=O) groups is 3. The minimum absolute atomic E-state index is 0.0836. The van der Waals surface area contributed by atoms with Crippen LogP contribution in [0.1, 0.15) is 303 Å². The molecule has 18 heteroatoms. The highest BCUT2D eigenvalue weighted by Crippen LogP contribution is 2.45. The second kappa shape index (κ2) is 75.1. The van der Waals surface area contributed by atoms with Crippen LogP contribution in [0.3, 0.4) is 0 Å². The van der Waals surface area contributed by atoms with E-state index in [-0.39, 0.29) is 19.3 Å². The van der Waals surface area contributed by atoms with Gasteiger partial charge in [-0.3, -0.25) is 32.5 Å². The third kappa shape index (κ3) is 76.4. The highest BCUT2D eigenvalue weighted by Gasteiger charge is 2.29. The highest BCUT2D eigenvalue weighted by atomic mass is 31.2. The van der Waals surface area contributed by atoms with E-state index < -0.39 is 91.5 Å². The quantitative estimate of drug-likeness (QED) is 0.0146. The Morgan fingerprint density at radius 1 is 0.287 bits per heavy atom. The van der Waals surface area contributed by atoms with E-state index >= 15 is 0 Å². The largest absolute Gasteiger partial charge is 0.472 e. The third-order valence-electron chi connectivity index (χ3n) is 16.0. The van der Waals surface area contributed by atoms with Crippen molar-refractivity contribution in [3.63, 3.8) is 0 Å². The molecule has 0 aromatic heterocycles. The predicted octanol–water partition coefficient (Wildman–Crippen LogP) is 22.9. The van der Waals surface area contributed by atoms with Crippen LogP contribution in [0.4, 0.5) is 0 Å². The van der Waals surface area contributed by atoms with Crippen molar-refractivity contribution in [2.75, 3.05) is 39.6 Å². The van der Waals surface area contributed by atoms with Crippen molar-refractivity contribution in [2.24, 2.45) is 0 Å². The summed E-state index contributed by atoms with van der Waals surface area (Å²) in [5.74, 6) is -1.60. The van der Waals surface area contributed by atoms with Gasteiger partial charge in [0.2, 0.25) is 0 Å². The molecular weight excluding hydrogens is 1310 g/mol. The summed E-state index contributed by atoms with van der Waals surface area (Å²) in [6.07, 6.45) is 91.8. The van der Waals surface area contributed by atoms with Crippen LogP contribution >= 0.6 is 15.6 Å². The molecule has 578 valence electrons. The van der Waals surface area contributed by atoms with Gasteiger partial charge in [0.05, 0.1) is 26.4 Å². The fourth-order valence-electron chi connectivity index (χ4n) is 10.1. The topological polar surface area (TPSA) is 231 Å². The van der Waals surface area contributed by atoms with E-state index in [4.69, 9.17) is 32.3 Å². The molecule has 0 aromatic rings. The molecule has 0 radical (unpaired) electrons. The number of hydrogen-bond acceptors (Lipinski definition) is 14. The van der Waals surface area contributed by atoms with Gasteiger partial charge in [0.1, 0.15) is 25.4 Å². The zero-order valence-corrected chi connectivity index (χ0v) is 64.8. The molecule has 0 aliphatic rings. The fraction of sp³-hybridized carbons (Fsp3) is 0.675. The monoisotopic (exact) mass is 1450 g/mol. The zero-order chi connectivity index (χ0) is 73.7. The number of rotatable bonds is 73. The molecule has 0 saturated carbocycles. The SMILES string of the molecule is CC/C=C\C/C=C\C/C=C\C/C=C\C/C=C\CCCCCCCCCCCCCC(=O)OCC(O)COP(=O)(O)OCC(O)COP(=O)(O)OCC(COC(=O)CCCCCCCCCCC/C=C\C/C=C\C/C=C\C/C=C\C/C=C\CC)OC(=O)CCCCCCC/C=C\C/C=C\CCC. The van der Waals surface area contributed by atoms with Crippen molar-refractivity contribution in [1.29, 1.82) is 0 Å². The van der Waals surface area contributed by atoms with Crippen molar-refractivity contribution >= 4 is 33.6 Å². The van der Waals surface area contributed by atoms with Gasteiger partial charge in [-0.1, -0.05) is 295 Å². The van der Waals surface area contributed by atoms with Crippen LogP contribution in [0.2, 0.25) is 0 Å². The number of aliphatic hydroxyl groups excluding tert-OH is 2. The van der Waals surface area contributed by atoms with Gasteiger partial charge in [0, 0.05) is 19.3 Å². The minimum atomic E-state index is -4.94. The van der Waals surface area contributed by atoms with Gasteiger partial charge < -0.3 is 34.2 Å². The summed E-state index contributed by atoms with van der Waals surface area (Å²) in [6.45, 7) is 2.36. The van der Waals surface area contributed by atoms with Crippen LogP contribution in [-0.4, -0.2) is 95.9 Å². The molecule has 4 N–H and O–H groups in total. The molecule has 0 bridgehead atoms. The Labute approximate surface area is 613 Å². The molecule has 0 aromatic carbocycles. The van der Waals surface area contributed by atoms with E-state index in [2.05, 4.69) is 167 Å². The van der Waals surface area contributed by atoms with E-state index in [1.807, 2.05) is 0 Å². The van der Waals surface area contributed by atoms with Gasteiger partial charge in [-0.15, -0.1) is 0 Å². The number of unbranched alkanes of at least 4 members (excludes halogenated alkanes) is 26. The average molecular weight is 1460 g/mol. The summed E-state index contributed by atoms with van der Waals surface area (Å²) in [5.41, 5.74) is 0. The number of allylic oxidation sites excluding steroid dienone is 24. The van der Waals surface area contributed by atoms with Crippen LogP contribution < -0.4 is 0 Å². The lowest BCUT2D eigenvalue weighted by Gasteiger charge is -2.21. The maximum absolute atomic E-state index is 12.9. The van der Waals surface area contributed by atoms with Gasteiger partial charge >= 0.3 is 33.6 Å². The Bertz CT molecular complexity index is 2420. The average Bonchev–Trinajstić information content (AvgIpc) is 0.949. The number of carbonyl (C=O) groups excluding carboxylic acids is 3. The number of phosphoric ester groups is 2. The van der Waals surface area contributed by atoms with Crippen LogP contribution in [0.15, 0.2) is 146 Å². The summed E-state index contributed by atoms with van der Waals surface area (Å²) in [7, 11) is -9.80. The number of hydrogen-bond donors (Lipinski definition) is 4. The standard InChI is InChI=1S/C83H140O16P2/c1-4-7-10-13-16-19-22-25-27-29-31-33-35-37-38-40-42-43-45-47-49-52-54-57-60-63-66-69-81(86)93-72-78(84)73-95-100(89,90)96-74-79(85)75-97-101(91,92)98-77-80(99-83(88)71-68-65-62-59-56-51-24-21-18-15-12-9-6-3)76-94-82(87)70-67-64-61-58-55-53-50-48-46-44-41-39-36-34-32-30-28-26-23-20-17-14-11-8-5-2/h7-8,10-12,15-17,19-21,24-28,31-34,37-39,41,78-80,84-85H,4-6,9,13-14,18,22-23,29-30,35-36,40,42-77H2,1-3H3,(H,89,90)(H,91,92)/b10-7-,11-8-,15-12-,19-16-,20-17-,24-21-,27-25-,28-26-,33-31-,34-32-,38-37-,41-39-. The Balaban J connectivity index is 4.54. The normalized spacial score (nSPS) is 14.8. The van der Waals surface area contributed by atoms with Crippen LogP contribution in [0, 0.1) is 0 Å². The molecule has 0 spiro atoms. The second-order valence-electron chi connectivity index (χ2n) is 25.7. The molecular formula is C83H140O16P2. The number of esters is 3. The van der Waals surface area contributed by atoms with E-state index in [1.165, 1.54) is 70.6 Å². The van der Waals surface area contributed by atoms with Crippen LogP contribution in [0.5, 0.6) is 0 Å². The first kappa shape index (κ1) is 96.4. The predicted molar refractivity (Wildman–Crippen MR) is 417 cm³/mol. The first-order valence-electron chi connectivity index (χ1n) is 39.1. The van der Waals surface area contributed by atoms with E-state index in [1.54, 1.807) is 0 Å². The number of ether oxygens (including phenoxy) is 3. The Hall–Kier alpha value is -4.57. The Kier molecular flexibility index (Phi) is 71.7. The molecule has 5 unspecified atom stereocenters. The van der Waals surface area contributed by atoms with Gasteiger partial charge in [0.25, 0.3) is 0 Å². The van der Waals surface area contributed by atoms with Gasteiger partial charge in [0.15, 0.2) is 6.10 Å². The molecule has 0 amide bonds. The second-order valence-corrected chi connectivity index (χ2v) is 28.7. The van der Waals surface area contributed by atoms with Crippen molar-refractivity contribution < 1.29 is 75.8 Å². The summed E-state index contributed by atoms with van der Waals surface area (Å²) < 4.78 is 61.1. The van der Waals surface area contributed by atoms with Gasteiger partial charge in [-0.2, -0.15) is 0 Å². The highest BCUT2D eigenvalue weighted by molar-refractivity contribution is 7.47. The van der Waals surface area contributed by atoms with Crippen molar-refractivity contribution in [3.8, 4) is 0 Å². The maximum Gasteiger partial charge on any atom is 0.472 e. The lowest BCUT2D eigenvalue weighted by Crippen LogP contribution is -2.30. The Morgan fingerprint density at radius 3 is 0.832 bits per heavy atom. The van der Waals surface area contributed by atoms with E-state index in [0.29, 0.717) is 19.3 Å². The maximum atomic E-state index is 12.9. The summed E-state index contributed by atoms with van der Waals surface area (Å²) in [4.78, 5) is 58.6. The molecule has 0 rings (SSSR count). The first-order chi connectivity index (χ1) is 49.2. The number of aliphatic hydroxyl groups is 2. The molecule has 0 fully saturated rings. The molecule has 0 aliphatic carbocycles. The molecule has 0 saturated heterocycles. The summed E-state index contributed by atoms with van der Waals surface area (Å²) in [6, 6.07) is 0. The van der Waals surface area contributed by atoms with E-state index in [0.717, 1.165) is 173 Å². The lowest BCUT2D eigenvalue weighted by molar-refractivity contribution is -0.161. The van der Waals surface area contributed by atoms with Crippen molar-refractivity contribution in [2.45, 2.75) is 322 Å². The number of phosphoric acid groups is 2. The minimum Gasteiger partial charge on any atom is -0.463 e. The van der Waals surface area contributed by atoms with Crippen LogP contribution in [-0.2, 0) is 55.8 Å². The molecule has 0 aliphatic heterocycles.